The summed E-state index contributed by atoms with van der Waals surface area (Å²) in [5, 5.41) is 0. The summed E-state index contributed by atoms with van der Waals surface area (Å²) in [6.07, 6.45) is -2.22. The van der Waals surface area contributed by atoms with Gasteiger partial charge in [0.25, 0.3) is 0 Å². The molecule has 0 spiro atoms. The SMILES string of the molecule is CC(C)(C)C(F)=C(F)F. The predicted octanol–water partition coefficient (Wildman–Crippen LogP) is 3.11. The van der Waals surface area contributed by atoms with E-state index < -0.39 is 17.3 Å². The molecule has 0 radical (unpaired) electrons. The second-order valence-electron chi connectivity index (χ2n) is 2.82. The van der Waals surface area contributed by atoms with Gasteiger partial charge in [-0.25, -0.2) is 4.39 Å². The highest BCUT2D eigenvalue weighted by atomic mass is 19.3. The maximum Gasteiger partial charge on any atom is 0.302 e. The van der Waals surface area contributed by atoms with Crippen molar-refractivity contribution in [3.8, 4) is 0 Å². The van der Waals surface area contributed by atoms with Crippen molar-refractivity contribution in [3.63, 3.8) is 0 Å². The van der Waals surface area contributed by atoms with Crippen LogP contribution in [0.25, 0.3) is 0 Å². The topological polar surface area (TPSA) is 0 Å². The Morgan fingerprint density at radius 2 is 1.33 bits per heavy atom. The Labute approximate surface area is 52.4 Å². The molecule has 0 atom stereocenters. The molecule has 0 aliphatic heterocycles. The Balaban J connectivity index is 4.40. The highest BCUT2D eigenvalue weighted by Crippen LogP contribution is 2.29. The van der Waals surface area contributed by atoms with Crippen LogP contribution in [0.4, 0.5) is 13.2 Å². The van der Waals surface area contributed by atoms with Crippen molar-refractivity contribution in [3.05, 3.63) is 11.9 Å². The van der Waals surface area contributed by atoms with Crippen molar-refractivity contribution in [2.45, 2.75) is 20.8 Å². The Bertz CT molecular complexity index is 126. The Morgan fingerprint density at radius 3 is 1.33 bits per heavy atom. The van der Waals surface area contributed by atoms with Crippen molar-refractivity contribution >= 4 is 0 Å². The number of rotatable bonds is 0. The maximum absolute atomic E-state index is 12.2. The van der Waals surface area contributed by atoms with Crippen molar-refractivity contribution in [2.24, 2.45) is 5.41 Å². The molecule has 9 heavy (non-hydrogen) atoms. The van der Waals surface area contributed by atoms with Crippen molar-refractivity contribution in [2.75, 3.05) is 0 Å². The fourth-order valence-electron chi connectivity index (χ4n) is 0.283. The van der Waals surface area contributed by atoms with Crippen molar-refractivity contribution in [1.82, 2.24) is 0 Å². The first-order valence-electron chi connectivity index (χ1n) is 2.57. The molecule has 0 saturated heterocycles. The van der Waals surface area contributed by atoms with E-state index in [4.69, 9.17) is 0 Å². The fraction of sp³-hybridized carbons (Fsp3) is 0.667. The summed E-state index contributed by atoms with van der Waals surface area (Å²) in [6, 6.07) is 0. The normalized spacial score (nSPS) is 11.3. The summed E-state index contributed by atoms with van der Waals surface area (Å²) in [6.45, 7) is 4.17. The standard InChI is InChI=1S/C6H9F3/c1-6(2,3)4(7)5(8)9/h1-3H3. The molecule has 0 amide bonds. The minimum absolute atomic E-state index is 1.06. The van der Waals surface area contributed by atoms with E-state index in [1.807, 2.05) is 0 Å². The van der Waals surface area contributed by atoms with E-state index in [0.29, 0.717) is 0 Å². The van der Waals surface area contributed by atoms with Gasteiger partial charge in [-0.3, -0.25) is 0 Å². The first-order chi connectivity index (χ1) is 3.85. The summed E-state index contributed by atoms with van der Waals surface area (Å²) in [5.74, 6) is -1.33. The molecular formula is C6H9F3. The molecule has 0 aliphatic carbocycles. The Morgan fingerprint density at radius 1 is 1.00 bits per heavy atom. The van der Waals surface area contributed by atoms with Gasteiger partial charge in [0.05, 0.1) is 0 Å². The highest BCUT2D eigenvalue weighted by molar-refractivity contribution is 5.01. The minimum atomic E-state index is -2.22. The molecule has 0 aromatic carbocycles. The van der Waals surface area contributed by atoms with Crippen LogP contribution >= 0.6 is 0 Å². The molecule has 0 unspecified atom stereocenters. The molecule has 0 N–H and O–H groups in total. The van der Waals surface area contributed by atoms with Gasteiger partial charge in [0, 0.05) is 5.41 Å². The van der Waals surface area contributed by atoms with Crippen LogP contribution in [0.3, 0.4) is 0 Å². The van der Waals surface area contributed by atoms with Gasteiger partial charge in [-0.1, -0.05) is 20.8 Å². The second kappa shape index (κ2) is 2.42. The van der Waals surface area contributed by atoms with E-state index in [1.165, 1.54) is 20.8 Å². The summed E-state index contributed by atoms with van der Waals surface area (Å²) in [7, 11) is 0. The molecule has 0 heterocycles. The number of hydrogen-bond donors (Lipinski definition) is 0. The Kier molecular flexibility index (Phi) is 2.29. The summed E-state index contributed by atoms with van der Waals surface area (Å²) < 4.78 is 35.0. The van der Waals surface area contributed by atoms with Gasteiger partial charge in [0.15, 0.2) is 5.83 Å². The third-order valence-corrected chi connectivity index (χ3v) is 0.824. The van der Waals surface area contributed by atoms with Crippen LogP contribution in [0.1, 0.15) is 20.8 Å². The monoisotopic (exact) mass is 138 g/mol. The predicted molar refractivity (Wildman–Crippen MR) is 29.8 cm³/mol. The molecule has 0 aromatic rings. The molecule has 0 saturated carbocycles. The molecule has 0 aromatic heterocycles. The van der Waals surface area contributed by atoms with Gasteiger partial charge in [-0.2, -0.15) is 8.78 Å². The van der Waals surface area contributed by atoms with Crippen LogP contribution in [0.5, 0.6) is 0 Å². The van der Waals surface area contributed by atoms with Crippen LogP contribution in [0.2, 0.25) is 0 Å². The van der Waals surface area contributed by atoms with Gasteiger partial charge in [-0.05, 0) is 0 Å². The largest absolute Gasteiger partial charge is 0.302 e. The molecule has 0 bridgehead atoms. The molecule has 3 heteroatoms. The average Bonchev–Trinajstić information content (AvgIpc) is 1.62. The Hall–Kier alpha value is -0.470. The fourth-order valence-corrected chi connectivity index (χ4v) is 0.283. The van der Waals surface area contributed by atoms with Crippen molar-refractivity contribution in [1.29, 1.82) is 0 Å². The molecular weight excluding hydrogens is 129 g/mol. The van der Waals surface area contributed by atoms with E-state index in [-0.39, 0.29) is 0 Å². The van der Waals surface area contributed by atoms with Crippen LogP contribution in [-0.2, 0) is 0 Å². The third-order valence-electron chi connectivity index (χ3n) is 0.824. The third kappa shape index (κ3) is 2.54. The summed E-state index contributed by atoms with van der Waals surface area (Å²) in [5.41, 5.74) is -1.06. The van der Waals surface area contributed by atoms with Gasteiger partial charge in [0.1, 0.15) is 0 Å². The number of hydrogen-bond acceptors (Lipinski definition) is 0. The quantitative estimate of drug-likeness (QED) is 0.482. The highest BCUT2D eigenvalue weighted by Gasteiger charge is 2.21. The van der Waals surface area contributed by atoms with Gasteiger partial charge in [-0.15, -0.1) is 0 Å². The zero-order valence-electron chi connectivity index (χ0n) is 5.63. The zero-order valence-corrected chi connectivity index (χ0v) is 5.63. The first kappa shape index (κ1) is 8.53. The number of halogens is 3. The summed E-state index contributed by atoms with van der Waals surface area (Å²) >= 11 is 0. The zero-order chi connectivity index (χ0) is 7.65. The lowest BCUT2D eigenvalue weighted by Gasteiger charge is -2.13. The summed E-state index contributed by atoms with van der Waals surface area (Å²) in [4.78, 5) is 0. The van der Waals surface area contributed by atoms with E-state index in [2.05, 4.69) is 0 Å². The smallest absolute Gasteiger partial charge is 0.205 e. The average molecular weight is 138 g/mol. The van der Waals surface area contributed by atoms with E-state index in [0.717, 1.165) is 0 Å². The first-order valence-corrected chi connectivity index (χ1v) is 2.57. The van der Waals surface area contributed by atoms with E-state index >= 15 is 0 Å². The van der Waals surface area contributed by atoms with E-state index in [9.17, 15) is 13.2 Å². The van der Waals surface area contributed by atoms with Gasteiger partial charge < -0.3 is 0 Å². The number of allylic oxidation sites excluding steroid dienone is 1. The second-order valence-corrected chi connectivity index (χ2v) is 2.82. The van der Waals surface area contributed by atoms with Crippen LogP contribution in [0, 0.1) is 5.41 Å². The van der Waals surface area contributed by atoms with Crippen molar-refractivity contribution < 1.29 is 13.2 Å². The van der Waals surface area contributed by atoms with Crippen LogP contribution in [0.15, 0.2) is 11.9 Å². The van der Waals surface area contributed by atoms with Gasteiger partial charge >= 0.3 is 6.08 Å². The lowest BCUT2D eigenvalue weighted by Crippen LogP contribution is -2.05. The molecule has 0 aliphatic rings. The maximum atomic E-state index is 12.2. The molecule has 0 nitrogen and oxygen atoms in total. The molecule has 0 fully saturated rings. The minimum Gasteiger partial charge on any atom is -0.205 e. The lowest BCUT2D eigenvalue weighted by atomic mass is 9.96. The molecule has 54 valence electrons. The molecule has 0 rings (SSSR count). The van der Waals surface area contributed by atoms with Crippen LogP contribution in [-0.4, -0.2) is 0 Å². The van der Waals surface area contributed by atoms with Crippen LogP contribution < -0.4 is 0 Å². The van der Waals surface area contributed by atoms with Gasteiger partial charge in [0.2, 0.25) is 0 Å². The van der Waals surface area contributed by atoms with E-state index in [1.54, 1.807) is 0 Å². The lowest BCUT2D eigenvalue weighted by molar-refractivity contribution is 0.301.